The van der Waals surface area contributed by atoms with Crippen LogP contribution in [0.1, 0.15) is 19.3 Å². The van der Waals surface area contributed by atoms with Crippen molar-refractivity contribution in [3.8, 4) is 0 Å². The van der Waals surface area contributed by atoms with Gasteiger partial charge in [0.1, 0.15) is 18.1 Å². The predicted molar refractivity (Wildman–Crippen MR) is 103 cm³/mol. The van der Waals surface area contributed by atoms with Crippen molar-refractivity contribution in [1.82, 2.24) is 16.0 Å². The minimum absolute atomic E-state index is 0.258. The van der Waals surface area contributed by atoms with E-state index >= 15 is 0 Å². The molecule has 0 aromatic heterocycles. The van der Waals surface area contributed by atoms with E-state index in [9.17, 15) is 33.9 Å². The maximum atomic E-state index is 12.4. The maximum Gasteiger partial charge on any atom is 0.327 e. The van der Waals surface area contributed by atoms with E-state index in [1.165, 1.54) is 0 Å². The first-order valence-electron chi connectivity index (χ1n) is 8.54. The second kappa shape index (κ2) is 13.3. The Morgan fingerprint density at radius 3 is 1.80 bits per heavy atom. The summed E-state index contributed by atoms with van der Waals surface area (Å²) >= 11 is 3.77. The van der Waals surface area contributed by atoms with E-state index in [0.29, 0.717) is 0 Å². The van der Waals surface area contributed by atoms with Gasteiger partial charge in [0.25, 0.3) is 0 Å². The summed E-state index contributed by atoms with van der Waals surface area (Å²) in [4.78, 5) is 69.1. The van der Waals surface area contributed by atoms with Gasteiger partial charge in [0.2, 0.25) is 23.6 Å². The maximum absolute atomic E-state index is 12.4. The van der Waals surface area contributed by atoms with Crippen LogP contribution in [-0.4, -0.2) is 87.4 Å². The Labute approximate surface area is 176 Å². The number of carboxylic acid groups (broad SMARTS) is 2. The molecule has 0 radical (unpaired) electrons. The minimum Gasteiger partial charge on any atom is -0.481 e. The summed E-state index contributed by atoms with van der Waals surface area (Å²) < 4.78 is 0. The highest BCUT2D eigenvalue weighted by atomic mass is 32.1. The molecular weight excluding hydrogens is 426 g/mol. The van der Waals surface area contributed by atoms with Crippen molar-refractivity contribution in [3.63, 3.8) is 0 Å². The van der Waals surface area contributed by atoms with Crippen molar-refractivity contribution in [2.75, 3.05) is 12.4 Å². The van der Waals surface area contributed by atoms with E-state index in [1.807, 2.05) is 0 Å². The van der Waals surface area contributed by atoms with E-state index in [2.05, 4.69) is 28.6 Å². The van der Waals surface area contributed by atoms with Crippen molar-refractivity contribution in [1.29, 1.82) is 0 Å². The molecule has 4 amide bonds. The van der Waals surface area contributed by atoms with Crippen LogP contribution in [0.3, 0.4) is 0 Å². The van der Waals surface area contributed by atoms with Gasteiger partial charge < -0.3 is 42.7 Å². The highest BCUT2D eigenvalue weighted by Crippen LogP contribution is 2.01. The molecule has 0 heterocycles. The molecule has 0 aromatic rings. The van der Waals surface area contributed by atoms with E-state index in [-0.39, 0.29) is 18.6 Å². The number of carbonyl (C=O) groups excluding carboxylic acids is 4. The summed E-state index contributed by atoms with van der Waals surface area (Å²) in [6.07, 6.45) is -1.37. The van der Waals surface area contributed by atoms with E-state index < -0.39 is 72.8 Å². The number of amides is 4. The number of hydrogen-bond donors (Lipinski definition) is 9. The van der Waals surface area contributed by atoms with Gasteiger partial charge >= 0.3 is 11.9 Å². The van der Waals surface area contributed by atoms with Crippen molar-refractivity contribution < 1.29 is 44.1 Å². The second-order valence-electron chi connectivity index (χ2n) is 6.10. The molecule has 10 N–H and O–H groups in total. The molecule has 0 aromatic carbocycles. The molecule has 4 atom stereocenters. The fourth-order valence-electron chi connectivity index (χ4n) is 2.04. The summed E-state index contributed by atoms with van der Waals surface area (Å²) in [6.45, 7) is -0.911. The molecule has 0 saturated carbocycles. The van der Waals surface area contributed by atoms with Crippen LogP contribution >= 0.6 is 12.6 Å². The molecule has 0 fully saturated rings. The van der Waals surface area contributed by atoms with Crippen LogP contribution in [-0.2, 0) is 28.8 Å². The quantitative estimate of drug-likeness (QED) is 0.114. The monoisotopic (exact) mass is 451 g/mol. The molecule has 30 heavy (non-hydrogen) atoms. The first-order valence-corrected chi connectivity index (χ1v) is 9.17. The highest BCUT2D eigenvalue weighted by Gasteiger charge is 2.30. The number of carboxylic acids is 2. The fraction of sp³-hybridized carbons (Fsp3) is 0.600. The smallest absolute Gasteiger partial charge is 0.327 e. The third-order valence-corrected chi connectivity index (χ3v) is 4.02. The first-order chi connectivity index (χ1) is 13.9. The molecule has 0 saturated heterocycles. The molecule has 4 unspecified atom stereocenters. The van der Waals surface area contributed by atoms with Gasteiger partial charge in [-0.25, -0.2) is 4.79 Å². The zero-order valence-electron chi connectivity index (χ0n) is 15.7. The van der Waals surface area contributed by atoms with Gasteiger partial charge in [0, 0.05) is 12.2 Å². The molecule has 0 rings (SSSR count). The van der Waals surface area contributed by atoms with Crippen molar-refractivity contribution >= 4 is 48.2 Å². The number of aliphatic carboxylic acids is 2. The van der Waals surface area contributed by atoms with E-state index in [4.69, 9.17) is 21.7 Å². The van der Waals surface area contributed by atoms with Crippen LogP contribution in [0.2, 0.25) is 0 Å². The molecular formula is C15H25N5O9S. The van der Waals surface area contributed by atoms with Gasteiger partial charge in [-0.15, -0.1) is 0 Å². The van der Waals surface area contributed by atoms with Gasteiger partial charge in [-0.05, 0) is 6.42 Å². The Kier molecular flexibility index (Phi) is 12.0. The third kappa shape index (κ3) is 10.0. The zero-order chi connectivity index (χ0) is 23.4. The van der Waals surface area contributed by atoms with Gasteiger partial charge in [-0.1, -0.05) is 0 Å². The van der Waals surface area contributed by atoms with E-state index in [1.54, 1.807) is 0 Å². The van der Waals surface area contributed by atoms with Gasteiger partial charge in [0.05, 0.1) is 19.1 Å². The lowest BCUT2D eigenvalue weighted by Gasteiger charge is -2.23. The summed E-state index contributed by atoms with van der Waals surface area (Å²) in [5, 5.41) is 33.3. The number of thiol groups is 1. The molecule has 14 nitrogen and oxygen atoms in total. The first kappa shape index (κ1) is 27.1. The summed E-state index contributed by atoms with van der Waals surface area (Å²) in [7, 11) is 0. The average Bonchev–Trinajstić information content (AvgIpc) is 2.65. The zero-order valence-corrected chi connectivity index (χ0v) is 16.6. The van der Waals surface area contributed by atoms with Crippen molar-refractivity contribution in [2.24, 2.45) is 11.5 Å². The van der Waals surface area contributed by atoms with E-state index in [0.717, 1.165) is 0 Å². The van der Waals surface area contributed by atoms with Crippen LogP contribution in [0.4, 0.5) is 0 Å². The van der Waals surface area contributed by atoms with Gasteiger partial charge in [-0.3, -0.25) is 24.0 Å². The molecule has 0 aliphatic carbocycles. The lowest BCUT2D eigenvalue weighted by atomic mass is 10.1. The Bertz CT molecular complexity index is 675. The largest absolute Gasteiger partial charge is 0.481 e. The Hall–Kier alpha value is -2.91. The standard InChI is InChI=1S/C15H25N5O9S/c16-6(3-11(23)24)12(25)18-7(1-2-10(17)22)13(26)19-8(4-21)14(27)20-9(5-30)15(28)29/h6-9,21,30H,1-5,16H2,(H2,17,22)(H,18,25)(H,19,26)(H,20,27)(H,23,24)(H,28,29). The third-order valence-electron chi connectivity index (χ3n) is 3.66. The SMILES string of the molecule is NC(=O)CCC(NC(=O)C(N)CC(=O)O)C(=O)NC(CO)C(=O)NC(CS)C(=O)O. The number of carbonyl (C=O) groups is 6. The lowest BCUT2D eigenvalue weighted by Crippen LogP contribution is -2.58. The lowest BCUT2D eigenvalue weighted by molar-refractivity contribution is -0.142. The highest BCUT2D eigenvalue weighted by molar-refractivity contribution is 7.80. The molecule has 0 spiro atoms. The van der Waals surface area contributed by atoms with Crippen molar-refractivity contribution in [3.05, 3.63) is 0 Å². The molecule has 0 aliphatic rings. The normalized spacial score (nSPS) is 14.5. The number of rotatable bonds is 14. The molecule has 170 valence electrons. The molecule has 15 heteroatoms. The van der Waals surface area contributed by atoms with Crippen LogP contribution in [0.25, 0.3) is 0 Å². The Balaban J connectivity index is 5.24. The van der Waals surface area contributed by atoms with Crippen LogP contribution < -0.4 is 27.4 Å². The predicted octanol–water partition coefficient (Wildman–Crippen LogP) is -4.48. The minimum atomic E-state index is -1.58. The van der Waals surface area contributed by atoms with Crippen LogP contribution in [0.5, 0.6) is 0 Å². The average molecular weight is 451 g/mol. The number of hydrogen-bond acceptors (Lipinski definition) is 9. The molecule has 0 bridgehead atoms. The second-order valence-corrected chi connectivity index (χ2v) is 6.46. The number of primary amides is 1. The van der Waals surface area contributed by atoms with Crippen LogP contribution in [0, 0.1) is 0 Å². The number of aliphatic hydroxyl groups excluding tert-OH is 1. The van der Waals surface area contributed by atoms with Gasteiger partial charge in [-0.2, -0.15) is 12.6 Å². The summed E-state index contributed by atoms with van der Waals surface area (Å²) in [5.41, 5.74) is 10.4. The molecule has 0 aliphatic heterocycles. The Morgan fingerprint density at radius 2 is 1.37 bits per heavy atom. The van der Waals surface area contributed by atoms with Crippen molar-refractivity contribution in [2.45, 2.75) is 43.4 Å². The van der Waals surface area contributed by atoms with Gasteiger partial charge in [0.15, 0.2) is 0 Å². The summed E-state index contributed by atoms with van der Waals surface area (Å²) in [6, 6.07) is -5.90. The fourth-order valence-corrected chi connectivity index (χ4v) is 2.29. The summed E-state index contributed by atoms with van der Waals surface area (Å²) in [5.74, 6) is -6.86. The van der Waals surface area contributed by atoms with Crippen LogP contribution in [0.15, 0.2) is 0 Å². The number of aliphatic hydroxyl groups is 1. The Morgan fingerprint density at radius 1 is 0.867 bits per heavy atom. The topological polar surface area (TPSA) is 251 Å². The number of nitrogens with one attached hydrogen (secondary N) is 3. The number of nitrogens with two attached hydrogens (primary N) is 2.